The molecule has 0 fully saturated rings. The molecule has 6 aromatic rings. The van der Waals surface area contributed by atoms with Crippen molar-refractivity contribution in [3.63, 3.8) is 0 Å². The third-order valence-electron chi connectivity index (χ3n) is 8.51. The summed E-state index contributed by atoms with van der Waals surface area (Å²) in [6.45, 7) is 2.15. The predicted octanol–water partition coefficient (Wildman–Crippen LogP) is 12.5. The Kier molecular flexibility index (Phi) is 10.6. The number of ether oxygens (including phenoxy) is 1. The highest BCUT2D eigenvalue weighted by Gasteiger charge is 2.41. The lowest BCUT2D eigenvalue weighted by Gasteiger charge is -2.20. The maximum absolute atomic E-state index is 15.2. The normalized spacial score (nSPS) is 11.6. The van der Waals surface area contributed by atoms with Gasteiger partial charge in [-0.1, -0.05) is 67.9 Å². The van der Waals surface area contributed by atoms with Gasteiger partial charge >= 0.3 is 12.3 Å². The number of benzene rings is 6. The second-order valence-electron chi connectivity index (χ2n) is 12.4. The van der Waals surface area contributed by atoms with E-state index in [1.165, 1.54) is 30.0 Å². The molecule has 6 rings (SSSR count). The van der Waals surface area contributed by atoms with E-state index in [2.05, 4.69) is 35.6 Å². The van der Waals surface area contributed by atoms with E-state index in [9.17, 15) is 22.0 Å². The fourth-order valence-electron chi connectivity index (χ4n) is 5.90. The van der Waals surface area contributed by atoms with Crippen LogP contribution in [0.5, 0.6) is 5.75 Å². The van der Waals surface area contributed by atoms with Gasteiger partial charge in [-0.25, -0.2) is 22.0 Å². The Balaban J connectivity index is 1.20. The summed E-state index contributed by atoms with van der Waals surface area (Å²) in [5, 5.41) is 1.16. The molecule has 1 nitrogen and oxygen atoms in total. The van der Waals surface area contributed by atoms with Gasteiger partial charge in [-0.2, -0.15) is 22.0 Å². The van der Waals surface area contributed by atoms with Crippen molar-refractivity contribution in [2.45, 2.75) is 44.9 Å². The molecule has 6 aromatic carbocycles. The topological polar surface area (TPSA) is 9.23 Å². The predicted molar refractivity (Wildman–Crippen MR) is 186 cm³/mol. The van der Waals surface area contributed by atoms with Crippen LogP contribution in [0.2, 0.25) is 0 Å². The molecule has 0 unspecified atom stereocenters. The summed E-state index contributed by atoms with van der Waals surface area (Å²) in [6.07, 6.45) is -5.30. The van der Waals surface area contributed by atoms with Gasteiger partial charge in [0, 0.05) is 28.0 Å². The lowest BCUT2D eigenvalue weighted by Crippen LogP contribution is -2.25. The Labute approximate surface area is 303 Å². The van der Waals surface area contributed by atoms with Gasteiger partial charge in [0.05, 0.1) is 5.56 Å². The Hall–Kier alpha value is -5.94. The van der Waals surface area contributed by atoms with Crippen molar-refractivity contribution in [1.82, 2.24) is 0 Å². The van der Waals surface area contributed by atoms with Crippen LogP contribution in [0.4, 0.5) is 43.9 Å². The van der Waals surface area contributed by atoms with Crippen LogP contribution in [0.15, 0.2) is 91.0 Å². The summed E-state index contributed by atoms with van der Waals surface area (Å²) in [4.78, 5) is 0. The zero-order valence-electron chi connectivity index (χ0n) is 28.2. The van der Waals surface area contributed by atoms with Crippen LogP contribution in [0.25, 0.3) is 32.7 Å². The fourth-order valence-corrected chi connectivity index (χ4v) is 5.90. The molecule has 0 N–H and O–H groups in total. The molecule has 0 aliphatic carbocycles. The highest BCUT2D eigenvalue weighted by Crippen LogP contribution is 2.39. The van der Waals surface area contributed by atoms with Gasteiger partial charge in [0.1, 0.15) is 40.4 Å². The standard InChI is InChI=1S/C43H26F10O/c1-2-3-4-5-25-8-11-29-19-26(9-12-28(29)18-25)6-7-27-10-14-33(36(44)20-27)31-23-38(46)40(39(47)24-31)43(52,53)54-32-13-15-34-30(21-32)22-37(45)35(41(34)48)16-17-42(49,50)51/h8-15,18-24H,2-5H2,1H3. The van der Waals surface area contributed by atoms with E-state index in [1.807, 2.05) is 24.3 Å². The first-order chi connectivity index (χ1) is 25.6. The number of halogens is 10. The average molecular weight is 749 g/mol. The van der Waals surface area contributed by atoms with Crippen molar-refractivity contribution in [3.05, 3.63) is 148 Å². The minimum Gasteiger partial charge on any atom is -0.429 e. The highest BCUT2D eigenvalue weighted by atomic mass is 19.4. The van der Waals surface area contributed by atoms with E-state index in [-0.39, 0.29) is 11.1 Å². The van der Waals surface area contributed by atoms with Crippen LogP contribution < -0.4 is 4.74 Å². The molecular weight excluding hydrogens is 722 g/mol. The molecule has 0 aromatic heterocycles. The quantitative estimate of drug-likeness (QED) is 0.0856. The number of aryl methyl sites for hydroxylation is 1. The third kappa shape index (κ3) is 8.47. The lowest BCUT2D eigenvalue weighted by molar-refractivity contribution is -0.189. The molecule has 0 atom stereocenters. The van der Waals surface area contributed by atoms with E-state index >= 15 is 22.0 Å². The first kappa shape index (κ1) is 37.8. The van der Waals surface area contributed by atoms with Crippen molar-refractivity contribution in [3.8, 4) is 40.6 Å². The largest absolute Gasteiger partial charge is 0.458 e. The molecule has 274 valence electrons. The number of fused-ring (bicyclic) bond motifs is 2. The second-order valence-corrected chi connectivity index (χ2v) is 12.4. The summed E-state index contributed by atoms with van der Waals surface area (Å²) in [5.41, 5.74) is -1.54. The van der Waals surface area contributed by atoms with E-state index in [1.54, 1.807) is 0 Å². The molecular formula is C43H26F10O. The van der Waals surface area contributed by atoms with E-state index in [4.69, 9.17) is 0 Å². The van der Waals surface area contributed by atoms with Crippen LogP contribution in [-0.4, -0.2) is 6.18 Å². The first-order valence-corrected chi connectivity index (χ1v) is 16.5. The molecule has 0 spiro atoms. The molecule has 0 amide bonds. The molecule has 0 aliphatic heterocycles. The molecule has 54 heavy (non-hydrogen) atoms. The minimum absolute atomic E-state index is 0.251. The van der Waals surface area contributed by atoms with E-state index in [0.717, 1.165) is 54.2 Å². The van der Waals surface area contributed by atoms with Crippen LogP contribution in [0.3, 0.4) is 0 Å². The fraction of sp³-hybridized carbons (Fsp3) is 0.163. The number of unbranched alkanes of at least 4 members (excludes halogenated alkanes) is 2. The van der Waals surface area contributed by atoms with Gasteiger partial charge in [-0.15, -0.1) is 0 Å². The summed E-state index contributed by atoms with van der Waals surface area (Å²) < 4.78 is 147. The summed E-state index contributed by atoms with van der Waals surface area (Å²) >= 11 is 0. The van der Waals surface area contributed by atoms with Crippen LogP contribution >= 0.6 is 0 Å². The molecule has 0 saturated carbocycles. The smallest absolute Gasteiger partial charge is 0.429 e. The maximum Gasteiger partial charge on any atom is 0.458 e. The van der Waals surface area contributed by atoms with E-state index < -0.39 is 74.6 Å². The molecule has 11 heteroatoms. The highest BCUT2D eigenvalue weighted by molar-refractivity contribution is 5.86. The minimum atomic E-state index is -5.04. The SMILES string of the molecule is CCCCCc1ccc2cc(C#Cc3ccc(-c4cc(F)c(C(F)(F)Oc5ccc6c(F)c(C#CC(F)(F)F)c(F)cc6c5)c(F)c4)c(F)c3)ccc2c1. The van der Waals surface area contributed by atoms with Gasteiger partial charge in [0.2, 0.25) is 0 Å². The number of hydrogen-bond acceptors (Lipinski definition) is 1. The lowest BCUT2D eigenvalue weighted by atomic mass is 10.00. The Morgan fingerprint density at radius 1 is 0.593 bits per heavy atom. The Bertz CT molecular complexity index is 2510. The number of alkyl halides is 5. The number of rotatable bonds is 8. The van der Waals surface area contributed by atoms with Crippen LogP contribution in [0.1, 0.15) is 54.0 Å². The summed E-state index contributed by atoms with van der Waals surface area (Å²) in [6, 6.07) is 19.4. The molecule has 0 heterocycles. The van der Waals surface area contributed by atoms with Crippen molar-refractivity contribution in [1.29, 1.82) is 0 Å². The van der Waals surface area contributed by atoms with Crippen LogP contribution in [-0.2, 0) is 12.5 Å². The Morgan fingerprint density at radius 2 is 1.26 bits per heavy atom. The monoisotopic (exact) mass is 748 g/mol. The van der Waals surface area contributed by atoms with Crippen molar-refractivity contribution in [2.24, 2.45) is 0 Å². The second kappa shape index (κ2) is 15.2. The zero-order chi connectivity index (χ0) is 38.8. The van der Waals surface area contributed by atoms with Gasteiger partial charge in [-0.3, -0.25) is 0 Å². The van der Waals surface area contributed by atoms with Gasteiger partial charge < -0.3 is 4.74 Å². The van der Waals surface area contributed by atoms with Crippen molar-refractivity contribution < 1.29 is 48.6 Å². The molecule has 0 saturated heterocycles. The molecule has 0 radical (unpaired) electrons. The van der Waals surface area contributed by atoms with Crippen molar-refractivity contribution >= 4 is 21.5 Å². The third-order valence-corrected chi connectivity index (χ3v) is 8.51. The van der Waals surface area contributed by atoms with Crippen LogP contribution in [0, 0.1) is 52.8 Å². The first-order valence-electron chi connectivity index (χ1n) is 16.5. The Morgan fingerprint density at radius 3 is 1.94 bits per heavy atom. The molecule has 0 bridgehead atoms. The van der Waals surface area contributed by atoms with Gasteiger partial charge in [-0.05, 0) is 101 Å². The molecule has 0 aliphatic rings. The van der Waals surface area contributed by atoms with E-state index in [0.29, 0.717) is 29.8 Å². The van der Waals surface area contributed by atoms with Crippen molar-refractivity contribution in [2.75, 3.05) is 0 Å². The average Bonchev–Trinajstić information content (AvgIpc) is 3.09. The van der Waals surface area contributed by atoms with Gasteiger partial charge in [0.25, 0.3) is 0 Å². The summed E-state index contributed by atoms with van der Waals surface area (Å²) in [5.74, 6) is -0.358. The maximum atomic E-state index is 15.2. The van der Waals surface area contributed by atoms with Gasteiger partial charge in [0.15, 0.2) is 0 Å². The number of hydrogen-bond donors (Lipinski definition) is 0. The summed E-state index contributed by atoms with van der Waals surface area (Å²) in [7, 11) is 0. The zero-order valence-corrected chi connectivity index (χ0v) is 28.2.